The van der Waals surface area contributed by atoms with E-state index in [0.29, 0.717) is 20.8 Å². The van der Waals surface area contributed by atoms with Gasteiger partial charge in [-0.15, -0.1) is 11.3 Å². The van der Waals surface area contributed by atoms with Crippen LogP contribution >= 0.6 is 34.5 Å². The zero-order valence-corrected chi connectivity index (χ0v) is 12.4. The van der Waals surface area contributed by atoms with E-state index < -0.39 is 5.97 Å². The van der Waals surface area contributed by atoms with E-state index in [-0.39, 0.29) is 17.7 Å². The molecule has 1 aliphatic carbocycles. The van der Waals surface area contributed by atoms with Gasteiger partial charge in [-0.05, 0) is 24.3 Å². The summed E-state index contributed by atoms with van der Waals surface area (Å²) in [5.41, 5.74) is 0.0507. The molecule has 4 nitrogen and oxygen atoms in total. The highest BCUT2D eigenvalue weighted by Gasteiger charge is 2.39. The lowest BCUT2D eigenvalue weighted by Crippen LogP contribution is -2.43. The third-order valence-corrected chi connectivity index (χ3v) is 4.95. The fourth-order valence-corrected chi connectivity index (χ4v) is 3.73. The average molecular weight is 322 g/mol. The van der Waals surface area contributed by atoms with Crippen LogP contribution in [0.3, 0.4) is 0 Å². The Morgan fingerprint density at radius 3 is 2.53 bits per heavy atom. The number of aliphatic carboxylic acids is 1. The van der Waals surface area contributed by atoms with E-state index in [2.05, 4.69) is 5.32 Å². The molecule has 0 aliphatic heterocycles. The second-order valence-corrected chi connectivity index (χ2v) is 7.13. The maximum atomic E-state index is 12.0. The van der Waals surface area contributed by atoms with Crippen molar-refractivity contribution in [1.29, 1.82) is 0 Å². The summed E-state index contributed by atoms with van der Waals surface area (Å²) in [4.78, 5) is 22.8. The lowest BCUT2D eigenvalue weighted by molar-refractivity contribution is -0.141. The van der Waals surface area contributed by atoms with Crippen LogP contribution in [0.15, 0.2) is 6.07 Å². The van der Waals surface area contributed by atoms with Crippen LogP contribution in [0.5, 0.6) is 0 Å². The molecule has 1 aliphatic rings. The summed E-state index contributed by atoms with van der Waals surface area (Å²) in [6.07, 6.45) is 2.76. The number of rotatable bonds is 5. The predicted molar refractivity (Wildman–Crippen MR) is 75.2 cm³/mol. The second-order valence-electron chi connectivity index (χ2n) is 4.84. The van der Waals surface area contributed by atoms with Crippen LogP contribution in [0, 0.1) is 5.41 Å². The minimum absolute atomic E-state index is 0.0887. The van der Waals surface area contributed by atoms with Crippen molar-refractivity contribution in [3.05, 3.63) is 20.3 Å². The molecule has 1 saturated carbocycles. The summed E-state index contributed by atoms with van der Waals surface area (Å²) in [6.45, 7) is 0.363. The molecule has 104 valence electrons. The summed E-state index contributed by atoms with van der Waals surface area (Å²) >= 11 is 12.8. The normalized spacial score (nSPS) is 16.7. The third-order valence-electron chi connectivity index (χ3n) is 3.47. The van der Waals surface area contributed by atoms with Gasteiger partial charge in [-0.25, -0.2) is 0 Å². The van der Waals surface area contributed by atoms with Gasteiger partial charge in [0, 0.05) is 6.54 Å². The maximum absolute atomic E-state index is 12.0. The van der Waals surface area contributed by atoms with Crippen molar-refractivity contribution in [3.63, 3.8) is 0 Å². The first kappa shape index (κ1) is 14.6. The fraction of sp³-hybridized carbons (Fsp3) is 0.500. The number of amides is 1. The molecule has 0 unspecified atom stereocenters. The van der Waals surface area contributed by atoms with E-state index in [1.807, 2.05) is 0 Å². The fourth-order valence-electron chi connectivity index (χ4n) is 2.27. The van der Waals surface area contributed by atoms with E-state index in [9.17, 15) is 9.59 Å². The summed E-state index contributed by atoms with van der Waals surface area (Å²) < 4.78 is 0.808. The van der Waals surface area contributed by atoms with Crippen molar-refractivity contribution in [3.8, 4) is 0 Å². The monoisotopic (exact) mass is 321 g/mol. The molecule has 1 aromatic heterocycles. The first-order valence-corrected chi connectivity index (χ1v) is 7.44. The van der Waals surface area contributed by atoms with Gasteiger partial charge in [0.05, 0.1) is 16.3 Å². The van der Waals surface area contributed by atoms with Crippen molar-refractivity contribution in [2.24, 2.45) is 5.41 Å². The third kappa shape index (κ3) is 3.41. The Morgan fingerprint density at radius 1 is 1.42 bits per heavy atom. The Labute approximate surface area is 124 Å². The molecule has 0 spiro atoms. The van der Waals surface area contributed by atoms with Crippen LogP contribution in [-0.4, -0.2) is 23.5 Å². The number of hydrogen-bond acceptors (Lipinski definition) is 3. The first-order valence-electron chi connectivity index (χ1n) is 5.87. The number of thiophene rings is 1. The number of nitrogens with one attached hydrogen (secondary N) is 1. The van der Waals surface area contributed by atoms with Gasteiger partial charge < -0.3 is 10.4 Å². The van der Waals surface area contributed by atoms with Gasteiger partial charge in [-0.3, -0.25) is 9.59 Å². The van der Waals surface area contributed by atoms with Crippen molar-refractivity contribution in [2.45, 2.75) is 25.7 Å². The van der Waals surface area contributed by atoms with Crippen LogP contribution in [-0.2, 0) is 4.79 Å². The number of carboxylic acid groups (broad SMARTS) is 1. The molecule has 1 amide bonds. The van der Waals surface area contributed by atoms with Gasteiger partial charge in [0.15, 0.2) is 0 Å². The van der Waals surface area contributed by atoms with E-state index in [1.165, 1.54) is 6.07 Å². The smallest absolute Gasteiger partial charge is 0.303 e. The molecule has 0 bridgehead atoms. The highest BCUT2D eigenvalue weighted by molar-refractivity contribution is 7.20. The molecule has 7 heteroatoms. The van der Waals surface area contributed by atoms with Gasteiger partial charge in [-0.2, -0.15) is 0 Å². The Kier molecular flexibility index (Phi) is 4.38. The lowest BCUT2D eigenvalue weighted by atomic mass is 9.66. The van der Waals surface area contributed by atoms with Crippen LogP contribution in [0.25, 0.3) is 0 Å². The van der Waals surface area contributed by atoms with Crippen LogP contribution in [0.2, 0.25) is 8.67 Å². The largest absolute Gasteiger partial charge is 0.481 e. The van der Waals surface area contributed by atoms with Gasteiger partial charge in [0.2, 0.25) is 0 Å². The van der Waals surface area contributed by atoms with Gasteiger partial charge in [0.25, 0.3) is 5.91 Å². The minimum Gasteiger partial charge on any atom is -0.481 e. The lowest BCUT2D eigenvalue weighted by Gasteiger charge is -2.40. The SMILES string of the molecule is O=C(O)CC1(CNC(=O)c2cc(Cl)sc2Cl)CCC1. The Morgan fingerprint density at radius 2 is 2.11 bits per heavy atom. The van der Waals surface area contributed by atoms with Crippen molar-refractivity contribution in [2.75, 3.05) is 6.54 Å². The Balaban J connectivity index is 1.96. The first-order chi connectivity index (χ1) is 8.92. The molecule has 0 aromatic carbocycles. The molecule has 0 radical (unpaired) electrons. The van der Waals surface area contributed by atoms with Crippen LogP contribution < -0.4 is 5.32 Å². The summed E-state index contributed by atoms with van der Waals surface area (Å²) in [7, 11) is 0. The summed E-state index contributed by atoms with van der Waals surface area (Å²) in [5, 5.41) is 11.7. The van der Waals surface area contributed by atoms with Gasteiger partial charge in [0.1, 0.15) is 4.34 Å². The van der Waals surface area contributed by atoms with Crippen LogP contribution in [0.4, 0.5) is 0 Å². The van der Waals surface area contributed by atoms with Crippen molar-refractivity contribution in [1.82, 2.24) is 5.32 Å². The molecule has 19 heavy (non-hydrogen) atoms. The molecule has 0 saturated heterocycles. The molecule has 2 N–H and O–H groups in total. The van der Waals surface area contributed by atoms with E-state index >= 15 is 0 Å². The zero-order valence-electron chi connectivity index (χ0n) is 10.0. The molecular formula is C12H13Cl2NO3S. The molecular weight excluding hydrogens is 309 g/mol. The Hall–Kier alpha value is -0.780. The molecule has 0 atom stereocenters. The standard InChI is InChI=1S/C12H13Cl2NO3S/c13-8-4-7(10(14)19-8)11(18)15-6-12(2-1-3-12)5-9(16)17/h4H,1-3,5-6H2,(H,15,18)(H,16,17). The predicted octanol–water partition coefficient (Wildman–Crippen LogP) is 3.43. The van der Waals surface area contributed by atoms with Crippen molar-refractivity contribution >= 4 is 46.4 Å². The molecule has 1 fully saturated rings. The zero-order chi connectivity index (χ0) is 14.0. The average Bonchev–Trinajstić information content (AvgIpc) is 2.60. The summed E-state index contributed by atoms with van der Waals surface area (Å²) in [6, 6.07) is 1.52. The van der Waals surface area contributed by atoms with E-state index in [0.717, 1.165) is 30.6 Å². The van der Waals surface area contributed by atoms with Crippen molar-refractivity contribution < 1.29 is 14.7 Å². The number of carboxylic acids is 1. The number of carbonyl (C=O) groups is 2. The van der Waals surface area contributed by atoms with E-state index in [1.54, 1.807) is 0 Å². The quantitative estimate of drug-likeness (QED) is 0.873. The van der Waals surface area contributed by atoms with E-state index in [4.69, 9.17) is 28.3 Å². The number of hydrogen-bond donors (Lipinski definition) is 2. The molecule has 1 aromatic rings. The number of carbonyl (C=O) groups excluding carboxylic acids is 1. The maximum Gasteiger partial charge on any atom is 0.303 e. The summed E-state index contributed by atoms with van der Waals surface area (Å²) in [5.74, 6) is -1.13. The second kappa shape index (κ2) is 5.69. The number of halogens is 2. The highest BCUT2D eigenvalue weighted by Crippen LogP contribution is 2.43. The highest BCUT2D eigenvalue weighted by atomic mass is 35.5. The van der Waals surface area contributed by atoms with Gasteiger partial charge >= 0.3 is 5.97 Å². The van der Waals surface area contributed by atoms with Gasteiger partial charge in [-0.1, -0.05) is 29.6 Å². The van der Waals surface area contributed by atoms with Crippen LogP contribution in [0.1, 0.15) is 36.0 Å². The molecule has 1 heterocycles. The molecule has 2 rings (SSSR count). The Bertz CT molecular complexity index is 511. The minimum atomic E-state index is -0.828. The topological polar surface area (TPSA) is 66.4 Å².